The molecule has 1 atom stereocenters. The third kappa shape index (κ3) is 3.86. The van der Waals surface area contributed by atoms with Crippen LogP contribution in [0.25, 0.3) is 16.7 Å². The van der Waals surface area contributed by atoms with Gasteiger partial charge in [-0.1, -0.05) is 54.7 Å². The fraction of sp³-hybridized carbons (Fsp3) is 0.250. The molecule has 0 bridgehead atoms. The Morgan fingerprint density at radius 2 is 1.94 bits per heavy atom. The lowest BCUT2D eigenvalue weighted by atomic mass is 10.1. The number of amides is 1. The predicted octanol–water partition coefficient (Wildman–Crippen LogP) is 3.01. The number of hydrogen-bond donors (Lipinski definition) is 2. The van der Waals surface area contributed by atoms with E-state index in [0.29, 0.717) is 29.0 Å². The maximum absolute atomic E-state index is 13.2. The highest BCUT2D eigenvalue weighted by molar-refractivity contribution is 6.00. The monoisotopic (exact) mass is 416 g/mol. The van der Waals surface area contributed by atoms with E-state index in [4.69, 9.17) is 5.73 Å². The van der Waals surface area contributed by atoms with Crippen LogP contribution in [0.3, 0.4) is 0 Å². The van der Waals surface area contributed by atoms with Gasteiger partial charge in [0.05, 0.1) is 12.6 Å². The van der Waals surface area contributed by atoms with Gasteiger partial charge in [0.25, 0.3) is 17.1 Å². The van der Waals surface area contributed by atoms with Crippen molar-refractivity contribution in [3.8, 4) is 0 Å². The lowest BCUT2D eigenvalue weighted by molar-refractivity contribution is -0.659. The number of carbonyl (C=O) groups is 1. The van der Waals surface area contributed by atoms with E-state index in [1.54, 1.807) is 29.0 Å². The number of aryl methyl sites for hydroxylation is 1. The van der Waals surface area contributed by atoms with Crippen LogP contribution in [-0.4, -0.2) is 15.3 Å². The third-order valence-corrected chi connectivity index (χ3v) is 5.49. The zero-order valence-electron chi connectivity index (χ0n) is 17.7. The maximum atomic E-state index is 13.2. The molecule has 0 fully saturated rings. The highest BCUT2D eigenvalue weighted by atomic mass is 16.2. The van der Waals surface area contributed by atoms with Crippen molar-refractivity contribution in [1.29, 1.82) is 0 Å². The van der Waals surface area contributed by atoms with Gasteiger partial charge in [0.2, 0.25) is 11.5 Å². The molecule has 31 heavy (non-hydrogen) atoms. The first-order valence-electron chi connectivity index (χ1n) is 10.5. The quantitative estimate of drug-likeness (QED) is 0.373. The van der Waals surface area contributed by atoms with Crippen molar-refractivity contribution in [3.05, 3.63) is 82.3 Å². The predicted molar refractivity (Wildman–Crippen MR) is 121 cm³/mol. The van der Waals surface area contributed by atoms with E-state index in [-0.39, 0.29) is 23.1 Å². The number of nitrogens with one attached hydrogen (secondary N) is 1. The Bertz CT molecular complexity index is 1310. The Morgan fingerprint density at radius 1 is 1.19 bits per heavy atom. The molecule has 0 saturated carbocycles. The Kier molecular flexibility index (Phi) is 5.66. The summed E-state index contributed by atoms with van der Waals surface area (Å²) >= 11 is 0. The summed E-state index contributed by atoms with van der Waals surface area (Å²) in [6, 6.07) is 16.5. The number of anilines is 1. The van der Waals surface area contributed by atoms with Crippen LogP contribution in [0.5, 0.6) is 0 Å². The molecule has 0 aliphatic carbocycles. The number of unbranched alkanes of at least 4 members (excludes halogenated alkanes) is 1. The molecule has 3 heterocycles. The van der Waals surface area contributed by atoms with Gasteiger partial charge in [-0.05, 0) is 37.1 Å². The van der Waals surface area contributed by atoms with Crippen LogP contribution >= 0.6 is 0 Å². The molecular formula is C24H26N5O2+. The average Bonchev–Trinajstić information content (AvgIpc) is 2.79. The minimum absolute atomic E-state index is 0.205. The molecule has 0 saturated heterocycles. The Balaban J connectivity index is 1.85. The molecule has 3 aromatic heterocycles. The van der Waals surface area contributed by atoms with Gasteiger partial charge in [-0.3, -0.25) is 14.0 Å². The summed E-state index contributed by atoms with van der Waals surface area (Å²) in [5.41, 5.74) is 8.53. The molecule has 0 radical (unpaired) electrons. The van der Waals surface area contributed by atoms with Crippen molar-refractivity contribution < 1.29 is 9.36 Å². The first kappa shape index (κ1) is 20.5. The highest BCUT2D eigenvalue weighted by Crippen LogP contribution is 2.17. The zero-order chi connectivity index (χ0) is 22.0. The number of pyridine rings is 2. The topological polar surface area (TPSA) is 93.4 Å². The van der Waals surface area contributed by atoms with Crippen LogP contribution < -0.4 is 21.2 Å². The maximum Gasteiger partial charge on any atom is 0.278 e. The molecule has 0 aliphatic heterocycles. The summed E-state index contributed by atoms with van der Waals surface area (Å²) < 4.78 is 3.27. The molecule has 7 nitrogen and oxygen atoms in total. The molecule has 1 amide bonds. The van der Waals surface area contributed by atoms with Crippen LogP contribution in [0.4, 0.5) is 5.82 Å². The van der Waals surface area contributed by atoms with Gasteiger partial charge in [0.1, 0.15) is 10.9 Å². The summed E-state index contributed by atoms with van der Waals surface area (Å²) in [7, 11) is 0. The molecule has 1 aromatic carbocycles. The molecule has 4 aromatic rings. The number of carbonyl (C=O) groups excluding carboxylic acids is 1. The minimum Gasteiger partial charge on any atom is -0.345 e. The Hall–Kier alpha value is -3.74. The van der Waals surface area contributed by atoms with E-state index < -0.39 is 0 Å². The summed E-state index contributed by atoms with van der Waals surface area (Å²) in [5.74, 6) is -0.00977. The second kappa shape index (κ2) is 8.55. The molecule has 0 aliphatic rings. The lowest BCUT2D eigenvalue weighted by Crippen LogP contribution is -2.43. The minimum atomic E-state index is -0.321. The van der Waals surface area contributed by atoms with Gasteiger partial charge in [0, 0.05) is 6.20 Å². The van der Waals surface area contributed by atoms with E-state index in [9.17, 15) is 9.59 Å². The Morgan fingerprint density at radius 3 is 2.68 bits per heavy atom. The number of fused-ring (bicyclic) bond motifs is 2. The van der Waals surface area contributed by atoms with E-state index in [2.05, 4.69) is 17.2 Å². The van der Waals surface area contributed by atoms with Gasteiger partial charge in [-0.15, -0.1) is 0 Å². The number of nitrogen functional groups attached to an aromatic ring is 1. The normalized spacial score (nSPS) is 12.2. The van der Waals surface area contributed by atoms with Crippen LogP contribution in [0, 0.1) is 0 Å². The smallest absolute Gasteiger partial charge is 0.278 e. The number of hydrogen-bond acceptors (Lipinski definition) is 4. The summed E-state index contributed by atoms with van der Waals surface area (Å²) in [6.07, 6.45) is 3.47. The Labute approximate surface area is 180 Å². The molecule has 3 N–H and O–H groups in total. The number of nitrogens with two attached hydrogens (primary N) is 1. The molecule has 0 spiro atoms. The molecule has 4 rings (SSSR count). The number of aromatic nitrogens is 3. The molecule has 0 unspecified atom stereocenters. The van der Waals surface area contributed by atoms with Gasteiger partial charge in [-0.2, -0.15) is 0 Å². The highest BCUT2D eigenvalue weighted by Gasteiger charge is 2.25. The second-order valence-corrected chi connectivity index (χ2v) is 7.64. The van der Waals surface area contributed by atoms with Crippen LogP contribution in [0.2, 0.25) is 0 Å². The fourth-order valence-electron chi connectivity index (χ4n) is 3.72. The first-order valence-corrected chi connectivity index (χ1v) is 10.5. The summed E-state index contributed by atoms with van der Waals surface area (Å²) in [5, 5.41) is 3.36. The average molecular weight is 417 g/mol. The number of benzene rings is 1. The van der Waals surface area contributed by atoms with E-state index in [1.807, 2.05) is 43.3 Å². The van der Waals surface area contributed by atoms with Crippen LogP contribution in [-0.2, 0) is 6.54 Å². The van der Waals surface area contributed by atoms with E-state index >= 15 is 0 Å². The van der Waals surface area contributed by atoms with Crippen molar-refractivity contribution in [2.45, 2.75) is 39.3 Å². The summed E-state index contributed by atoms with van der Waals surface area (Å²) in [6.45, 7) is 4.57. The first-order chi connectivity index (χ1) is 15.0. The largest absolute Gasteiger partial charge is 0.345 e. The zero-order valence-corrected chi connectivity index (χ0v) is 17.7. The number of nitrogens with zero attached hydrogens (tertiary/aromatic N) is 3. The summed E-state index contributed by atoms with van der Waals surface area (Å²) in [4.78, 5) is 31.0. The van der Waals surface area contributed by atoms with Gasteiger partial charge >= 0.3 is 0 Å². The molecule has 7 heteroatoms. The third-order valence-electron chi connectivity index (χ3n) is 5.49. The van der Waals surface area contributed by atoms with Crippen molar-refractivity contribution in [3.63, 3.8) is 0 Å². The van der Waals surface area contributed by atoms with E-state index in [0.717, 1.165) is 18.4 Å². The molecular weight excluding hydrogens is 390 g/mol. The van der Waals surface area contributed by atoms with Crippen molar-refractivity contribution in [1.82, 2.24) is 14.7 Å². The SMILES string of the molecule is CCCC[n+]1c(N)c(C(=O)N[C@H](C)c2ccccc2)cc2c(=O)n3ccccc3nc21. The van der Waals surface area contributed by atoms with Gasteiger partial charge in [0.15, 0.2) is 0 Å². The second-order valence-electron chi connectivity index (χ2n) is 7.64. The van der Waals surface area contributed by atoms with Gasteiger partial charge < -0.3 is 11.1 Å². The lowest BCUT2D eigenvalue weighted by Gasteiger charge is -2.16. The van der Waals surface area contributed by atoms with Crippen molar-refractivity contribution in [2.75, 3.05) is 5.73 Å². The van der Waals surface area contributed by atoms with Crippen molar-refractivity contribution in [2.24, 2.45) is 0 Å². The standard InChI is InChI=1S/C24H25N5O2/c1-3-4-13-29-21(25)18(23(30)26-16(2)17-10-6-5-7-11-17)15-19-22(29)27-20-12-8-9-14-28(20)24(19)31/h5-12,14-16,25H,3-4,13H2,1-2H3,(H,26,30)/p+1/t16-/m1/s1. The fourth-order valence-corrected chi connectivity index (χ4v) is 3.72. The van der Waals surface area contributed by atoms with E-state index in [1.165, 1.54) is 4.40 Å². The number of rotatable bonds is 6. The van der Waals surface area contributed by atoms with Crippen LogP contribution in [0.15, 0.2) is 65.6 Å². The van der Waals surface area contributed by atoms with Gasteiger partial charge in [-0.25, -0.2) is 4.57 Å². The molecule has 158 valence electrons. The van der Waals surface area contributed by atoms with Crippen LogP contribution in [0.1, 0.15) is 48.7 Å². The van der Waals surface area contributed by atoms with Crippen molar-refractivity contribution >= 4 is 28.4 Å².